The van der Waals surface area contributed by atoms with Gasteiger partial charge in [0, 0.05) is 37.0 Å². The summed E-state index contributed by atoms with van der Waals surface area (Å²) in [6.07, 6.45) is 6.41. The molecule has 0 unspecified atom stereocenters. The number of amides is 1. The molecule has 0 aliphatic carbocycles. The number of aryl methyl sites for hydroxylation is 2. The fraction of sp³-hybridized carbons (Fsp3) is 0.304. The summed E-state index contributed by atoms with van der Waals surface area (Å²) in [7, 11) is 0. The molecule has 0 saturated carbocycles. The average molecular weight is 423 g/mol. The van der Waals surface area contributed by atoms with Crippen molar-refractivity contribution >= 4 is 28.8 Å². The van der Waals surface area contributed by atoms with Crippen LogP contribution in [0, 0.1) is 29.4 Å². The van der Waals surface area contributed by atoms with Gasteiger partial charge in [-0.3, -0.25) is 25.6 Å². The number of nitrogens with zero attached hydrogens (tertiary/aromatic N) is 2. The molecule has 1 fully saturated rings. The molecule has 8 nitrogen and oxygen atoms in total. The number of benzene rings is 2. The number of nitrogens with two attached hydrogens (primary N) is 1. The number of nitro groups is 1. The molecule has 8 heteroatoms. The number of anilines is 1. The maximum absolute atomic E-state index is 12.7. The van der Waals surface area contributed by atoms with Crippen LogP contribution < -0.4 is 15.5 Å². The Morgan fingerprint density at radius 1 is 1.13 bits per heavy atom. The van der Waals surface area contributed by atoms with Gasteiger partial charge >= 0.3 is 0 Å². The van der Waals surface area contributed by atoms with Crippen LogP contribution in [0.25, 0.3) is 0 Å². The summed E-state index contributed by atoms with van der Waals surface area (Å²) >= 11 is 0. The third-order valence-corrected chi connectivity index (χ3v) is 5.47. The van der Waals surface area contributed by atoms with E-state index in [-0.39, 0.29) is 17.1 Å². The van der Waals surface area contributed by atoms with E-state index in [1.807, 2.05) is 37.4 Å². The van der Waals surface area contributed by atoms with E-state index >= 15 is 0 Å². The summed E-state index contributed by atoms with van der Waals surface area (Å²) in [4.78, 5) is 25.7. The van der Waals surface area contributed by atoms with Crippen molar-refractivity contribution in [2.24, 2.45) is 0 Å². The molecule has 0 atom stereocenters. The highest BCUT2D eigenvalue weighted by Crippen LogP contribution is 2.27. The number of carbonyl (C=O) groups is 1. The van der Waals surface area contributed by atoms with Crippen LogP contribution in [0.2, 0.25) is 0 Å². The standard InChI is InChI=1S/C23H27N5O3/c1-16-6-7-18(14-17(16)2)25-11-10-22(24)26-23(29)20-15-19(8-9-21(20)28(30)31)27-12-4-3-5-13-27/h6-11,14-15,25H,3-5,12-13H2,1-2H3,(H2,24,26,29)/p+1. The molecule has 1 saturated heterocycles. The Kier molecular flexibility index (Phi) is 7.15. The Labute approximate surface area is 181 Å². The van der Waals surface area contributed by atoms with Crippen LogP contribution in [0.15, 0.2) is 48.7 Å². The summed E-state index contributed by atoms with van der Waals surface area (Å²) in [5.74, 6) is -0.797. The van der Waals surface area contributed by atoms with Gasteiger partial charge in [0.15, 0.2) is 0 Å². The Hall–Kier alpha value is -3.52. The Bertz CT molecular complexity index is 1030. The summed E-state index contributed by atoms with van der Waals surface area (Å²) in [6, 6.07) is 10.6. The highest BCUT2D eigenvalue weighted by atomic mass is 16.6. The minimum Gasteiger partial charge on any atom is -0.372 e. The van der Waals surface area contributed by atoms with E-state index < -0.39 is 10.8 Å². The number of hydrogen-bond donors (Lipinski definition) is 3. The van der Waals surface area contributed by atoms with Crippen LogP contribution in [0.5, 0.6) is 0 Å². The number of nitro benzene ring substituents is 1. The molecule has 1 amide bonds. The van der Waals surface area contributed by atoms with Gasteiger partial charge in [0.1, 0.15) is 23.3 Å². The molecule has 4 N–H and O–H groups in total. The highest BCUT2D eigenvalue weighted by molar-refractivity contribution is 6.11. The molecule has 31 heavy (non-hydrogen) atoms. The van der Waals surface area contributed by atoms with Crippen LogP contribution in [-0.2, 0) is 0 Å². The summed E-state index contributed by atoms with van der Waals surface area (Å²) in [6.45, 7) is 5.81. The Morgan fingerprint density at radius 3 is 2.55 bits per heavy atom. The summed E-state index contributed by atoms with van der Waals surface area (Å²) < 4.78 is 0. The van der Waals surface area contributed by atoms with Crippen LogP contribution in [0.3, 0.4) is 0 Å². The summed E-state index contributed by atoms with van der Waals surface area (Å²) in [5.41, 5.74) is 3.85. The molecule has 3 rings (SSSR count). The second-order valence-electron chi connectivity index (χ2n) is 7.74. The number of amidine groups is 1. The third-order valence-electron chi connectivity index (χ3n) is 5.47. The van der Waals surface area contributed by atoms with Gasteiger partial charge in [-0.25, -0.2) is 0 Å². The van der Waals surface area contributed by atoms with Crippen molar-refractivity contribution in [3.8, 4) is 0 Å². The first-order valence-corrected chi connectivity index (χ1v) is 10.4. The van der Waals surface area contributed by atoms with E-state index in [9.17, 15) is 14.9 Å². The van der Waals surface area contributed by atoms with Crippen molar-refractivity contribution < 1.29 is 15.0 Å². The number of piperidine rings is 1. The van der Waals surface area contributed by atoms with Gasteiger partial charge in [-0.15, -0.1) is 0 Å². The number of nitrogens with one attached hydrogen (secondary N) is 2. The van der Waals surface area contributed by atoms with Crippen molar-refractivity contribution in [2.45, 2.75) is 33.1 Å². The van der Waals surface area contributed by atoms with Crippen molar-refractivity contribution in [1.29, 1.82) is 5.41 Å². The van der Waals surface area contributed by atoms with E-state index in [0.29, 0.717) is 0 Å². The molecule has 2 aromatic rings. The van der Waals surface area contributed by atoms with Crippen molar-refractivity contribution in [3.05, 3.63) is 75.5 Å². The van der Waals surface area contributed by atoms with E-state index in [1.54, 1.807) is 18.3 Å². The second-order valence-corrected chi connectivity index (χ2v) is 7.74. The molecule has 0 bridgehead atoms. The zero-order chi connectivity index (χ0) is 22.4. The first kappa shape index (κ1) is 22.2. The molecule has 0 spiro atoms. The molecule has 0 aromatic heterocycles. The monoisotopic (exact) mass is 422 g/mol. The van der Waals surface area contributed by atoms with Crippen LogP contribution in [0.4, 0.5) is 17.1 Å². The fourth-order valence-corrected chi connectivity index (χ4v) is 3.57. The van der Waals surface area contributed by atoms with E-state index in [4.69, 9.17) is 5.41 Å². The molecular formula is C23H28N5O3+. The molecule has 1 heterocycles. The summed E-state index contributed by atoms with van der Waals surface area (Å²) in [5, 5.41) is 23.7. The molecule has 1 aliphatic heterocycles. The van der Waals surface area contributed by atoms with Gasteiger partial charge in [0.2, 0.25) is 0 Å². The maximum atomic E-state index is 12.7. The predicted molar refractivity (Wildman–Crippen MR) is 121 cm³/mol. The second kappa shape index (κ2) is 9.99. The minimum absolute atomic E-state index is 0.0376. The topological polar surface area (TPSA) is 116 Å². The number of hydrogen-bond acceptors (Lipinski definition) is 5. The van der Waals surface area contributed by atoms with Crippen LogP contribution in [-0.4, -0.2) is 29.8 Å². The highest BCUT2D eigenvalue weighted by Gasteiger charge is 2.23. The van der Waals surface area contributed by atoms with Gasteiger partial charge in [-0.2, -0.15) is 0 Å². The zero-order valence-electron chi connectivity index (χ0n) is 17.9. The number of rotatable bonds is 6. The first-order chi connectivity index (χ1) is 14.8. The van der Waals surface area contributed by atoms with Crippen molar-refractivity contribution in [3.63, 3.8) is 0 Å². The fourth-order valence-electron chi connectivity index (χ4n) is 3.57. The average Bonchev–Trinajstić information content (AvgIpc) is 2.76. The van der Waals surface area contributed by atoms with E-state index in [0.717, 1.165) is 37.3 Å². The van der Waals surface area contributed by atoms with E-state index in [1.165, 1.54) is 29.7 Å². The molecule has 1 aliphatic rings. The normalized spacial score (nSPS) is 13.9. The minimum atomic E-state index is -0.661. The SMILES string of the molecule is Cc1ccc([NH2+]C=CC(=N)NC(=O)c2cc(N3CCCCC3)ccc2[N+](=O)[O-])cc1C. The van der Waals surface area contributed by atoms with Crippen molar-refractivity contribution in [2.75, 3.05) is 18.0 Å². The van der Waals surface area contributed by atoms with Gasteiger partial charge in [-0.05, 0) is 62.4 Å². The lowest BCUT2D eigenvalue weighted by molar-refractivity contribution is -0.496. The molecule has 162 valence electrons. The van der Waals surface area contributed by atoms with Gasteiger partial charge in [0.25, 0.3) is 11.6 Å². The lowest BCUT2D eigenvalue weighted by atomic mass is 10.1. The van der Waals surface area contributed by atoms with Crippen LogP contribution in [0.1, 0.15) is 40.7 Å². The first-order valence-electron chi connectivity index (χ1n) is 10.4. The quantitative estimate of drug-likeness (QED) is 0.218. The Morgan fingerprint density at radius 2 is 1.87 bits per heavy atom. The Balaban J connectivity index is 1.69. The zero-order valence-corrected chi connectivity index (χ0v) is 17.9. The van der Waals surface area contributed by atoms with Gasteiger partial charge in [0.05, 0.1) is 4.92 Å². The molecule has 0 radical (unpaired) electrons. The van der Waals surface area contributed by atoms with E-state index in [2.05, 4.69) is 10.2 Å². The molecule has 2 aromatic carbocycles. The lowest BCUT2D eigenvalue weighted by Gasteiger charge is -2.29. The largest absolute Gasteiger partial charge is 0.372 e. The van der Waals surface area contributed by atoms with Crippen molar-refractivity contribution in [1.82, 2.24) is 5.32 Å². The van der Waals surface area contributed by atoms with Gasteiger partial charge < -0.3 is 10.2 Å². The number of quaternary nitrogens is 1. The maximum Gasteiger partial charge on any atom is 0.282 e. The predicted octanol–water partition coefficient (Wildman–Crippen LogP) is 3.32. The molecular weight excluding hydrogens is 394 g/mol. The smallest absolute Gasteiger partial charge is 0.282 e. The lowest BCUT2D eigenvalue weighted by Crippen LogP contribution is -2.71. The third kappa shape index (κ3) is 5.76. The number of carbonyl (C=O) groups excluding carboxylic acids is 1. The van der Waals surface area contributed by atoms with Gasteiger partial charge in [-0.1, -0.05) is 6.07 Å². The van der Waals surface area contributed by atoms with Crippen LogP contribution >= 0.6 is 0 Å².